The molecule has 2 rings (SSSR count). The number of Topliss-reactive ketones (excluding diaryl/α,β-unsaturated/α-hetero) is 1. The number of rotatable bonds is 6. The Morgan fingerprint density at radius 1 is 1.14 bits per heavy atom. The number of benzene rings is 1. The van der Waals surface area contributed by atoms with Crippen LogP contribution in [0.4, 0.5) is 0 Å². The van der Waals surface area contributed by atoms with Gasteiger partial charge in [0.05, 0.1) is 5.54 Å². The van der Waals surface area contributed by atoms with Gasteiger partial charge in [0, 0.05) is 16.5 Å². The van der Waals surface area contributed by atoms with Crippen LogP contribution in [0.5, 0.6) is 0 Å². The van der Waals surface area contributed by atoms with Crippen LogP contribution in [0, 0.1) is 0 Å². The van der Waals surface area contributed by atoms with Gasteiger partial charge in [-0.2, -0.15) is 0 Å². The number of carbonyl (C=O) groups is 1. The summed E-state index contributed by atoms with van der Waals surface area (Å²) in [5.41, 5.74) is 0.454. The lowest BCUT2D eigenvalue weighted by Gasteiger charge is -2.39. The molecule has 1 aromatic carbocycles. The van der Waals surface area contributed by atoms with Crippen molar-refractivity contribution in [1.29, 1.82) is 0 Å². The summed E-state index contributed by atoms with van der Waals surface area (Å²) in [6.45, 7) is 6.05. The maximum Gasteiger partial charge on any atom is 0.157 e. The van der Waals surface area contributed by atoms with Crippen LogP contribution in [0.2, 0.25) is 10.0 Å². The van der Waals surface area contributed by atoms with Crippen molar-refractivity contribution < 1.29 is 4.79 Å². The molecule has 0 spiro atoms. The van der Waals surface area contributed by atoms with Gasteiger partial charge >= 0.3 is 0 Å². The molecule has 1 fully saturated rings. The molecule has 2 nitrogen and oxygen atoms in total. The number of hydrogen-bond acceptors (Lipinski definition) is 2. The van der Waals surface area contributed by atoms with E-state index in [0.717, 1.165) is 44.3 Å². The largest absolute Gasteiger partial charge is 0.297 e. The minimum absolute atomic E-state index is 0.263. The van der Waals surface area contributed by atoms with Gasteiger partial charge in [-0.3, -0.25) is 9.69 Å². The maximum atomic E-state index is 13.0. The van der Waals surface area contributed by atoms with E-state index in [9.17, 15) is 4.79 Å². The van der Waals surface area contributed by atoms with E-state index in [2.05, 4.69) is 18.7 Å². The monoisotopic (exact) mass is 327 g/mol. The molecule has 0 N–H and O–H groups in total. The zero-order valence-corrected chi connectivity index (χ0v) is 14.3. The third-order valence-electron chi connectivity index (χ3n) is 4.72. The summed E-state index contributed by atoms with van der Waals surface area (Å²) < 4.78 is 0. The molecule has 116 valence electrons. The summed E-state index contributed by atoms with van der Waals surface area (Å²) in [4.78, 5) is 15.4. The van der Waals surface area contributed by atoms with Crippen molar-refractivity contribution in [1.82, 2.24) is 4.90 Å². The Morgan fingerprint density at radius 2 is 1.67 bits per heavy atom. The van der Waals surface area contributed by atoms with E-state index in [1.165, 1.54) is 0 Å². The van der Waals surface area contributed by atoms with Crippen molar-refractivity contribution in [2.45, 2.75) is 51.5 Å². The lowest BCUT2D eigenvalue weighted by Crippen LogP contribution is -2.53. The van der Waals surface area contributed by atoms with Gasteiger partial charge in [-0.25, -0.2) is 0 Å². The Morgan fingerprint density at radius 3 is 2.14 bits per heavy atom. The predicted molar refractivity (Wildman–Crippen MR) is 89.3 cm³/mol. The normalized spacial score (nSPS) is 17.4. The van der Waals surface area contributed by atoms with Crippen LogP contribution >= 0.6 is 23.2 Å². The summed E-state index contributed by atoms with van der Waals surface area (Å²) in [5.74, 6) is 0.263. The highest BCUT2D eigenvalue weighted by atomic mass is 35.5. The second-order valence-corrected chi connectivity index (χ2v) is 6.53. The van der Waals surface area contributed by atoms with Crippen LogP contribution in [0.1, 0.15) is 45.1 Å². The summed E-state index contributed by atoms with van der Waals surface area (Å²) in [6, 6.07) is 5.41. The van der Waals surface area contributed by atoms with Crippen molar-refractivity contribution in [2.24, 2.45) is 0 Å². The first-order valence-corrected chi connectivity index (χ1v) is 8.52. The number of hydrogen-bond donors (Lipinski definition) is 0. The Labute approximate surface area is 137 Å². The highest BCUT2D eigenvalue weighted by Crippen LogP contribution is 2.38. The Hall–Kier alpha value is -0.570. The standard InChI is InChI=1S/C17H23Cl2NO/c1-3-20(4-2)17(10-5-6-11-17)16(21)12-13-14(18)8-7-9-15(13)19/h7-9H,3-6,10-12H2,1-2H3. The van der Waals surface area contributed by atoms with Gasteiger partial charge < -0.3 is 0 Å². The third kappa shape index (κ3) is 3.28. The lowest BCUT2D eigenvalue weighted by atomic mass is 9.86. The fourth-order valence-corrected chi connectivity index (χ4v) is 4.12. The van der Waals surface area contributed by atoms with Gasteiger partial charge in [-0.1, -0.05) is 56.0 Å². The van der Waals surface area contributed by atoms with Crippen LogP contribution in [0.25, 0.3) is 0 Å². The molecule has 0 amide bonds. The Balaban J connectivity index is 2.28. The average Bonchev–Trinajstić information content (AvgIpc) is 2.95. The van der Waals surface area contributed by atoms with Gasteiger partial charge in [0.1, 0.15) is 0 Å². The molecule has 0 saturated heterocycles. The molecule has 0 atom stereocenters. The summed E-state index contributed by atoms with van der Waals surface area (Å²) >= 11 is 12.4. The molecule has 4 heteroatoms. The molecular weight excluding hydrogens is 305 g/mol. The number of carbonyl (C=O) groups excluding carboxylic acids is 1. The van der Waals surface area contributed by atoms with Gasteiger partial charge in [0.25, 0.3) is 0 Å². The second-order valence-electron chi connectivity index (χ2n) is 5.71. The molecular formula is C17H23Cl2NO. The van der Waals surface area contributed by atoms with Crippen molar-refractivity contribution in [3.63, 3.8) is 0 Å². The number of likely N-dealkylation sites (N-methyl/N-ethyl adjacent to an activating group) is 1. The second kappa shape index (κ2) is 7.13. The molecule has 1 saturated carbocycles. The predicted octanol–water partition coefficient (Wildman–Crippen LogP) is 4.76. The topological polar surface area (TPSA) is 20.3 Å². The van der Waals surface area contributed by atoms with Crippen LogP contribution in [0.15, 0.2) is 18.2 Å². The molecule has 0 aliphatic heterocycles. The SMILES string of the molecule is CCN(CC)C1(C(=O)Cc2c(Cl)cccc2Cl)CCCC1. The van der Waals surface area contributed by atoms with E-state index in [-0.39, 0.29) is 11.3 Å². The van der Waals surface area contributed by atoms with E-state index < -0.39 is 0 Å². The van der Waals surface area contributed by atoms with Crippen molar-refractivity contribution in [3.05, 3.63) is 33.8 Å². The van der Waals surface area contributed by atoms with Crippen LogP contribution in [0.3, 0.4) is 0 Å². The fourth-order valence-electron chi connectivity index (χ4n) is 3.59. The average molecular weight is 328 g/mol. The highest BCUT2D eigenvalue weighted by Gasteiger charge is 2.44. The van der Waals surface area contributed by atoms with Crippen molar-refractivity contribution >= 4 is 29.0 Å². The smallest absolute Gasteiger partial charge is 0.157 e. The number of halogens is 2. The van der Waals surface area contributed by atoms with Crippen LogP contribution in [-0.4, -0.2) is 29.3 Å². The summed E-state index contributed by atoms with van der Waals surface area (Å²) in [5, 5.41) is 1.17. The molecule has 0 aromatic heterocycles. The fraction of sp³-hybridized carbons (Fsp3) is 0.588. The van der Waals surface area contributed by atoms with Gasteiger partial charge in [0.15, 0.2) is 5.78 Å². The molecule has 1 aliphatic carbocycles. The quantitative estimate of drug-likeness (QED) is 0.750. The van der Waals surface area contributed by atoms with Gasteiger partial charge in [0.2, 0.25) is 0 Å². The van der Waals surface area contributed by atoms with Crippen molar-refractivity contribution in [3.8, 4) is 0 Å². The molecule has 0 radical (unpaired) electrons. The Kier molecular flexibility index (Phi) is 5.70. The van der Waals surface area contributed by atoms with Crippen molar-refractivity contribution in [2.75, 3.05) is 13.1 Å². The van der Waals surface area contributed by atoms with E-state index in [1.807, 2.05) is 6.07 Å². The molecule has 0 heterocycles. The minimum Gasteiger partial charge on any atom is -0.297 e. The summed E-state index contributed by atoms with van der Waals surface area (Å²) in [7, 11) is 0. The van der Waals surface area contributed by atoms with Gasteiger partial charge in [-0.05, 0) is 43.6 Å². The zero-order valence-electron chi connectivity index (χ0n) is 12.8. The van der Waals surface area contributed by atoms with E-state index >= 15 is 0 Å². The first kappa shape index (κ1) is 16.8. The highest BCUT2D eigenvalue weighted by molar-refractivity contribution is 6.36. The first-order valence-electron chi connectivity index (χ1n) is 7.76. The summed E-state index contributed by atoms with van der Waals surface area (Å²) in [6.07, 6.45) is 4.48. The van der Waals surface area contributed by atoms with Crippen LogP contribution < -0.4 is 0 Å². The number of nitrogens with zero attached hydrogens (tertiary/aromatic N) is 1. The molecule has 1 aromatic rings. The first-order chi connectivity index (χ1) is 10.0. The molecule has 21 heavy (non-hydrogen) atoms. The molecule has 1 aliphatic rings. The Bertz CT molecular complexity index is 485. The van der Waals surface area contributed by atoms with E-state index in [4.69, 9.17) is 23.2 Å². The minimum atomic E-state index is -0.313. The van der Waals surface area contributed by atoms with Gasteiger partial charge in [-0.15, -0.1) is 0 Å². The van der Waals surface area contributed by atoms with E-state index in [1.54, 1.807) is 12.1 Å². The van der Waals surface area contributed by atoms with Crippen LogP contribution in [-0.2, 0) is 11.2 Å². The maximum absolute atomic E-state index is 13.0. The molecule has 0 unspecified atom stereocenters. The number of ketones is 1. The van der Waals surface area contributed by atoms with E-state index in [0.29, 0.717) is 16.5 Å². The zero-order chi connectivity index (χ0) is 15.5. The third-order valence-corrected chi connectivity index (χ3v) is 5.43. The molecule has 0 bridgehead atoms. The lowest BCUT2D eigenvalue weighted by molar-refractivity contribution is -0.130.